The summed E-state index contributed by atoms with van der Waals surface area (Å²) in [4.78, 5) is 31.3. The van der Waals surface area contributed by atoms with Crippen LogP contribution < -0.4 is 10.1 Å². The molecule has 1 aromatic heterocycles. The van der Waals surface area contributed by atoms with Crippen LogP contribution in [0.25, 0.3) is 11.1 Å². The molecule has 6 rings (SSSR count). The van der Waals surface area contributed by atoms with Gasteiger partial charge in [-0.05, 0) is 41.1 Å². The maximum absolute atomic E-state index is 14.4. The van der Waals surface area contributed by atoms with Crippen molar-refractivity contribution in [3.8, 4) is 22.6 Å². The minimum Gasteiger partial charge on any atom is -0.456 e. The quantitative estimate of drug-likeness (QED) is 0.178. The fourth-order valence-corrected chi connectivity index (χ4v) is 6.78. The number of hydrogen-bond acceptors (Lipinski definition) is 5. The molecule has 1 fully saturated rings. The molecule has 1 saturated heterocycles. The zero-order chi connectivity index (χ0) is 31.0. The van der Waals surface area contributed by atoms with E-state index in [0.717, 1.165) is 42.7 Å². The van der Waals surface area contributed by atoms with Crippen molar-refractivity contribution in [2.45, 2.75) is 32.5 Å². The van der Waals surface area contributed by atoms with Crippen molar-refractivity contribution in [3.63, 3.8) is 0 Å². The van der Waals surface area contributed by atoms with Crippen molar-refractivity contribution in [1.29, 1.82) is 0 Å². The minimum atomic E-state index is -0.0990. The van der Waals surface area contributed by atoms with Gasteiger partial charge in [0.15, 0.2) is 0 Å². The Bertz CT molecular complexity index is 1740. The van der Waals surface area contributed by atoms with Crippen molar-refractivity contribution in [2.24, 2.45) is 0 Å². The number of thiophene rings is 1. The van der Waals surface area contributed by atoms with Crippen molar-refractivity contribution in [1.82, 2.24) is 15.1 Å². The number of nitrogens with zero attached hydrogens (tertiary/aromatic N) is 2. The molecule has 7 heteroatoms. The summed E-state index contributed by atoms with van der Waals surface area (Å²) < 4.78 is 6.47. The number of para-hydroxylation sites is 2. The lowest BCUT2D eigenvalue weighted by molar-refractivity contribution is -0.119. The highest BCUT2D eigenvalue weighted by atomic mass is 32.1. The summed E-state index contributed by atoms with van der Waals surface area (Å²) in [7, 11) is 0. The molecule has 1 N–H and O–H groups in total. The van der Waals surface area contributed by atoms with Gasteiger partial charge in [0.1, 0.15) is 11.5 Å². The van der Waals surface area contributed by atoms with E-state index in [-0.39, 0.29) is 17.9 Å². The Morgan fingerprint density at radius 1 is 0.778 bits per heavy atom. The van der Waals surface area contributed by atoms with Crippen molar-refractivity contribution < 1.29 is 14.3 Å². The van der Waals surface area contributed by atoms with Crippen molar-refractivity contribution in [3.05, 3.63) is 142 Å². The van der Waals surface area contributed by atoms with Crippen LogP contribution in [0, 0.1) is 0 Å². The molecule has 0 radical (unpaired) electrons. The predicted molar refractivity (Wildman–Crippen MR) is 180 cm³/mol. The molecule has 2 amide bonds. The average molecular weight is 616 g/mol. The summed E-state index contributed by atoms with van der Waals surface area (Å²) in [5.41, 5.74) is 5.11. The van der Waals surface area contributed by atoms with E-state index in [9.17, 15) is 9.59 Å². The number of carbonyl (C=O) groups excluding carboxylic acids is 2. The molecule has 1 unspecified atom stereocenters. The Hall–Kier alpha value is -4.72. The number of benzene rings is 4. The molecule has 6 nitrogen and oxygen atoms in total. The van der Waals surface area contributed by atoms with E-state index in [2.05, 4.69) is 63.6 Å². The van der Waals surface area contributed by atoms with Gasteiger partial charge in [-0.15, -0.1) is 11.3 Å². The fraction of sp³-hybridized carbons (Fsp3) is 0.211. The van der Waals surface area contributed by atoms with Crippen LogP contribution in [0.15, 0.2) is 121 Å². The number of rotatable bonds is 10. The molecule has 0 aliphatic carbocycles. The Kier molecular flexibility index (Phi) is 9.68. The van der Waals surface area contributed by atoms with Crippen LogP contribution in [0.1, 0.15) is 33.3 Å². The SMILES string of the molecule is CC(=O)NCc1ccccc1Oc1ccccc1-c1ccsc1C(=O)N1CCN(Cc2ccccc2)CC1Cc1ccccc1. The summed E-state index contributed by atoms with van der Waals surface area (Å²) >= 11 is 1.48. The van der Waals surface area contributed by atoms with E-state index in [4.69, 9.17) is 4.74 Å². The molecule has 0 saturated carbocycles. The summed E-state index contributed by atoms with van der Waals surface area (Å²) in [6.45, 7) is 5.02. The topological polar surface area (TPSA) is 61.9 Å². The highest BCUT2D eigenvalue weighted by Crippen LogP contribution is 2.39. The average Bonchev–Trinajstić information content (AvgIpc) is 3.55. The Morgan fingerprint density at radius 3 is 2.20 bits per heavy atom. The number of amides is 2. The third-order valence-electron chi connectivity index (χ3n) is 8.15. The van der Waals surface area contributed by atoms with Crippen LogP contribution in [0.2, 0.25) is 0 Å². The molecule has 1 aliphatic heterocycles. The molecule has 0 bridgehead atoms. The van der Waals surface area contributed by atoms with Crippen molar-refractivity contribution >= 4 is 23.2 Å². The molecule has 228 valence electrons. The first-order valence-electron chi connectivity index (χ1n) is 15.3. The number of piperazine rings is 1. The number of nitrogens with one attached hydrogen (secondary N) is 1. The van der Waals surface area contributed by atoms with Crippen LogP contribution in [0.3, 0.4) is 0 Å². The maximum Gasteiger partial charge on any atom is 0.264 e. The monoisotopic (exact) mass is 615 g/mol. The summed E-state index contributed by atoms with van der Waals surface area (Å²) in [6, 6.07) is 38.6. The zero-order valence-electron chi connectivity index (χ0n) is 25.4. The first-order valence-corrected chi connectivity index (χ1v) is 16.2. The summed E-state index contributed by atoms with van der Waals surface area (Å²) in [6.07, 6.45) is 0.795. The molecular weight excluding hydrogens is 579 g/mol. The maximum atomic E-state index is 14.4. The van der Waals surface area contributed by atoms with Gasteiger partial charge in [-0.25, -0.2) is 0 Å². The van der Waals surface area contributed by atoms with Gasteiger partial charge in [-0.2, -0.15) is 0 Å². The zero-order valence-corrected chi connectivity index (χ0v) is 26.2. The van der Waals surface area contributed by atoms with E-state index < -0.39 is 0 Å². The first-order chi connectivity index (χ1) is 22.0. The van der Waals surface area contributed by atoms with Crippen LogP contribution in [0.5, 0.6) is 11.5 Å². The van der Waals surface area contributed by atoms with Crippen LogP contribution >= 0.6 is 11.3 Å². The molecular formula is C38H37N3O3S. The normalized spacial score (nSPS) is 15.0. The number of ether oxygens (including phenoxy) is 1. The van der Waals surface area contributed by atoms with E-state index in [1.54, 1.807) is 0 Å². The second-order valence-electron chi connectivity index (χ2n) is 11.3. The molecule has 2 heterocycles. The van der Waals surface area contributed by atoms with Gasteiger partial charge >= 0.3 is 0 Å². The van der Waals surface area contributed by atoms with Gasteiger partial charge in [0, 0.05) is 62.4 Å². The van der Waals surface area contributed by atoms with E-state index in [1.165, 1.54) is 29.4 Å². The standard InChI is InChI=1S/C38H37N3O3S/c1-28(42)39-25-31-16-8-10-18-35(31)44-36-19-11-9-17-33(36)34-20-23-45-37(34)38(43)41-22-21-40(26-30-14-6-3-7-15-30)27-32(41)24-29-12-4-2-5-13-29/h2-20,23,32H,21-22,24-27H2,1H3,(H,39,42). The van der Waals surface area contributed by atoms with E-state index in [0.29, 0.717) is 29.5 Å². The second kappa shape index (κ2) is 14.4. The van der Waals surface area contributed by atoms with Gasteiger partial charge in [-0.3, -0.25) is 14.5 Å². The van der Waals surface area contributed by atoms with E-state index >= 15 is 0 Å². The van der Waals surface area contributed by atoms with Gasteiger partial charge in [0.25, 0.3) is 5.91 Å². The molecule has 1 aliphatic rings. The predicted octanol–water partition coefficient (Wildman–Crippen LogP) is 7.41. The van der Waals surface area contributed by atoms with Crippen LogP contribution in [-0.4, -0.2) is 47.3 Å². The van der Waals surface area contributed by atoms with E-state index in [1.807, 2.05) is 72.1 Å². The highest BCUT2D eigenvalue weighted by molar-refractivity contribution is 7.12. The second-order valence-corrected chi connectivity index (χ2v) is 12.3. The number of carbonyl (C=O) groups is 2. The molecule has 4 aromatic carbocycles. The van der Waals surface area contributed by atoms with Crippen LogP contribution in [-0.2, 0) is 24.3 Å². The first kappa shape index (κ1) is 30.3. The molecule has 5 aromatic rings. The molecule has 45 heavy (non-hydrogen) atoms. The molecule has 0 spiro atoms. The summed E-state index contributed by atoms with van der Waals surface area (Å²) in [5, 5.41) is 4.85. The van der Waals surface area contributed by atoms with Gasteiger partial charge in [0.2, 0.25) is 5.91 Å². The summed E-state index contributed by atoms with van der Waals surface area (Å²) in [5.74, 6) is 1.28. The molecule has 1 atom stereocenters. The number of hydrogen-bond donors (Lipinski definition) is 1. The van der Waals surface area contributed by atoms with Crippen molar-refractivity contribution in [2.75, 3.05) is 19.6 Å². The minimum absolute atomic E-state index is 0.0412. The Morgan fingerprint density at radius 2 is 1.44 bits per heavy atom. The Balaban J connectivity index is 1.26. The van der Waals surface area contributed by atoms with Gasteiger partial charge in [0.05, 0.1) is 4.88 Å². The lowest BCUT2D eigenvalue weighted by Gasteiger charge is -2.41. The fourth-order valence-electron chi connectivity index (χ4n) is 5.92. The lowest BCUT2D eigenvalue weighted by atomic mass is 10.00. The lowest BCUT2D eigenvalue weighted by Crippen LogP contribution is -2.55. The largest absolute Gasteiger partial charge is 0.456 e. The van der Waals surface area contributed by atoms with Gasteiger partial charge in [-0.1, -0.05) is 97.1 Å². The third kappa shape index (κ3) is 7.51. The Labute approximate surface area is 268 Å². The van der Waals surface area contributed by atoms with Gasteiger partial charge < -0.3 is 15.0 Å². The highest BCUT2D eigenvalue weighted by Gasteiger charge is 2.33. The smallest absolute Gasteiger partial charge is 0.264 e. The van der Waals surface area contributed by atoms with Crippen LogP contribution in [0.4, 0.5) is 0 Å². The third-order valence-corrected chi connectivity index (χ3v) is 9.05.